The SMILES string of the molecule is CNC(=S)Nc1nc(N2CCC(C)CC2)cc(C(F)(F)F)n1. The van der Waals surface area contributed by atoms with Gasteiger partial charge in [-0.2, -0.15) is 18.2 Å². The van der Waals surface area contributed by atoms with Crippen molar-refractivity contribution in [3.05, 3.63) is 11.8 Å². The van der Waals surface area contributed by atoms with E-state index in [0.717, 1.165) is 18.9 Å². The van der Waals surface area contributed by atoms with E-state index in [1.807, 2.05) is 4.90 Å². The smallest absolute Gasteiger partial charge is 0.365 e. The van der Waals surface area contributed by atoms with Gasteiger partial charge in [-0.1, -0.05) is 6.92 Å². The lowest BCUT2D eigenvalue weighted by atomic mass is 9.99. The Bertz CT molecular complexity index is 541. The van der Waals surface area contributed by atoms with Crippen molar-refractivity contribution in [3.8, 4) is 0 Å². The number of thiocarbonyl (C=S) groups is 1. The van der Waals surface area contributed by atoms with Crippen LogP contribution >= 0.6 is 12.2 Å². The van der Waals surface area contributed by atoms with Gasteiger partial charge in [0.2, 0.25) is 5.95 Å². The summed E-state index contributed by atoms with van der Waals surface area (Å²) in [7, 11) is 1.57. The van der Waals surface area contributed by atoms with E-state index in [2.05, 4.69) is 27.5 Å². The Morgan fingerprint density at radius 1 is 1.32 bits per heavy atom. The van der Waals surface area contributed by atoms with Crippen LogP contribution in [0.2, 0.25) is 0 Å². The lowest BCUT2D eigenvalue weighted by Crippen LogP contribution is -2.34. The van der Waals surface area contributed by atoms with Crippen molar-refractivity contribution in [2.45, 2.75) is 25.9 Å². The molecule has 1 aliphatic rings. The fraction of sp³-hybridized carbons (Fsp3) is 0.615. The first kappa shape index (κ1) is 16.7. The molecular formula is C13H18F3N5S. The van der Waals surface area contributed by atoms with Crippen LogP contribution in [-0.2, 0) is 6.18 Å². The highest BCUT2D eigenvalue weighted by Crippen LogP contribution is 2.31. The zero-order valence-electron chi connectivity index (χ0n) is 12.4. The molecule has 5 nitrogen and oxygen atoms in total. The minimum absolute atomic E-state index is 0.150. The highest BCUT2D eigenvalue weighted by Gasteiger charge is 2.34. The van der Waals surface area contributed by atoms with Crippen molar-refractivity contribution in [2.24, 2.45) is 5.92 Å². The van der Waals surface area contributed by atoms with Crippen molar-refractivity contribution in [1.29, 1.82) is 0 Å². The predicted molar refractivity (Wildman–Crippen MR) is 82.9 cm³/mol. The molecule has 0 atom stereocenters. The molecule has 1 aromatic heterocycles. The van der Waals surface area contributed by atoms with Crippen molar-refractivity contribution in [1.82, 2.24) is 15.3 Å². The Morgan fingerprint density at radius 3 is 2.50 bits per heavy atom. The average molecular weight is 333 g/mol. The Kier molecular flexibility index (Phi) is 5.05. The van der Waals surface area contributed by atoms with Crippen LogP contribution in [0.5, 0.6) is 0 Å². The van der Waals surface area contributed by atoms with Gasteiger partial charge in [0.1, 0.15) is 5.82 Å². The van der Waals surface area contributed by atoms with Gasteiger partial charge in [0.15, 0.2) is 10.8 Å². The Morgan fingerprint density at radius 2 is 1.95 bits per heavy atom. The lowest BCUT2D eigenvalue weighted by Gasteiger charge is -2.31. The van der Waals surface area contributed by atoms with Gasteiger partial charge in [0.05, 0.1) is 0 Å². The third-order valence-electron chi connectivity index (χ3n) is 3.56. The van der Waals surface area contributed by atoms with Crippen LogP contribution < -0.4 is 15.5 Å². The highest BCUT2D eigenvalue weighted by molar-refractivity contribution is 7.80. The van der Waals surface area contributed by atoms with Crippen LogP contribution in [0.3, 0.4) is 0 Å². The summed E-state index contributed by atoms with van der Waals surface area (Å²) in [4.78, 5) is 9.51. The first-order chi connectivity index (χ1) is 10.3. The summed E-state index contributed by atoms with van der Waals surface area (Å²) in [5.74, 6) is 0.702. The van der Waals surface area contributed by atoms with Crippen LogP contribution in [0, 0.1) is 5.92 Å². The van der Waals surface area contributed by atoms with Crippen LogP contribution in [0.25, 0.3) is 0 Å². The number of nitrogens with one attached hydrogen (secondary N) is 2. The molecule has 2 rings (SSSR count). The summed E-state index contributed by atoms with van der Waals surface area (Å²) in [6.45, 7) is 3.51. The van der Waals surface area contributed by atoms with Gasteiger partial charge in [-0.05, 0) is 31.0 Å². The van der Waals surface area contributed by atoms with E-state index in [9.17, 15) is 13.2 Å². The molecule has 0 aliphatic carbocycles. The maximum atomic E-state index is 13.0. The van der Waals surface area contributed by atoms with E-state index in [0.29, 0.717) is 19.0 Å². The fourth-order valence-corrected chi connectivity index (χ4v) is 2.29. The van der Waals surface area contributed by atoms with Gasteiger partial charge < -0.3 is 15.5 Å². The number of anilines is 2. The summed E-state index contributed by atoms with van der Waals surface area (Å²) in [5, 5.41) is 5.35. The number of hydrogen-bond donors (Lipinski definition) is 2. The van der Waals surface area contributed by atoms with Crippen LogP contribution in [-0.4, -0.2) is 35.2 Å². The molecule has 0 saturated carbocycles. The second-order valence-corrected chi connectivity index (χ2v) is 5.71. The average Bonchev–Trinajstić information content (AvgIpc) is 2.46. The number of alkyl halides is 3. The van der Waals surface area contributed by atoms with Crippen LogP contribution in [0.4, 0.5) is 24.9 Å². The normalized spacial score (nSPS) is 16.5. The molecule has 0 spiro atoms. The zero-order chi connectivity index (χ0) is 16.3. The molecule has 0 unspecified atom stereocenters. The fourth-order valence-electron chi connectivity index (χ4n) is 2.20. The van der Waals surface area contributed by atoms with E-state index in [-0.39, 0.29) is 16.9 Å². The standard InChI is InChI=1S/C13H18F3N5S/c1-8-3-5-21(6-4-8)10-7-9(13(14,15)16)18-11(19-10)20-12(22)17-2/h7-8H,3-6H2,1-2H3,(H2,17,18,19,20,22). The van der Waals surface area contributed by atoms with E-state index >= 15 is 0 Å². The number of halogens is 3. The van der Waals surface area contributed by atoms with E-state index in [1.165, 1.54) is 0 Å². The Balaban J connectivity index is 2.31. The van der Waals surface area contributed by atoms with Gasteiger partial charge in [-0.3, -0.25) is 0 Å². The van der Waals surface area contributed by atoms with Gasteiger partial charge in [0.25, 0.3) is 0 Å². The molecule has 0 bridgehead atoms. The summed E-state index contributed by atoms with van der Waals surface area (Å²) in [6.07, 6.45) is -2.66. The molecule has 0 aromatic carbocycles. The second-order valence-electron chi connectivity index (χ2n) is 5.31. The minimum Gasteiger partial charge on any atom is -0.365 e. The van der Waals surface area contributed by atoms with E-state index in [1.54, 1.807) is 7.05 Å². The largest absolute Gasteiger partial charge is 0.433 e. The summed E-state index contributed by atoms with van der Waals surface area (Å²) >= 11 is 4.89. The molecule has 9 heteroatoms. The number of nitrogens with zero attached hydrogens (tertiary/aromatic N) is 3. The molecule has 2 N–H and O–H groups in total. The van der Waals surface area contributed by atoms with Crippen LogP contribution in [0.15, 0.2) is 6.07 Å². The van der Waals surface area contributed by atoms with E-state index in [4.69, 9.17) is 12.2 Å². The molecule has 0 amide bonds. The highest BCUT2D eigenvalue weighted by atomic mass is 32.1. The van der Waals surface area contributed by atoms with Crippen LogP contribution in [0.1, 0.15) is 25.5 Å². The molecule has 1 aliphatic heterocycles. The minimum atomic E-state index is -4.53. The van der Waals surface area contributed by atoms with Gasteiger partial charge >= 0.3 is 6.18 Å². The van der Waals surface area contributed by atoms with Gasteiger partial charge in [-0.25, -0.2) is 4.98 Å². The lowest BCUT2D eigenvalue weighted by molar-refractivity contribution is -0.141. The van der Waals surface area contributed by atoms with Crippen molar-refractivity contribution < 1.29 is 13.2 Å². The van der Waals surface area contributed by atoms with Gasteiger partial charge in [0, 0.05) is 26.2 Å². The summed E-state index contributed by atoms with van der Waals surface area (Å²) in [5.41, 5.74) is -0.975. The molecule has 1 saturated heterocycles. The molecular weight excluding hydrogens is 315 g/mol. The second kappa shape index (κ2) is 6.64. The monoisotopic (exact) mass is 333 g/mol. The molecule has 1 fully saturated rings. The third kappa shape index (κ3) is 4.19. The maximum absolute atomic E-state index is 13.0. The van der Waals surface area contributed by atoms with Gasteiger partial charge in [-0.15, -0.1) is 0 Å². The van der Waals surface area contributed by atoms with E-state index < -0.39 is 11.9 Å². The molecule has 1 aromatic rings. The first-order valence-electron chi connectivity index (χ1n) is 6.99. The number of rotatable bonds is 2. The molecule has 22 heavy (non-hydrogen) atoms. The van der Waals surface area contributed by atoms with Crippen molar-refractivity contribution in [2.75, 3.05) is 30.4 Å². The molecule has 2 heterocycles. The first-order valence-corrected chi connectivity index (χ1v) is 7.40. The third-order valence-corrected chi connectivity index (χ3v) is 3.87. The Labute approximate surface area is 132 Å². The molecule has 122 valence electrons. The number of piperidine rings is 1. The summed E-state index contributed by atoms with van der Waals surface area (Å²) < 4.78 is 39.0. The topological polar surface area (TPSA) is 53.1 Å². The van der Waals surface area contributed by atoms with Crippen molar-refractivity contribution in [3.63, 3.8) is 0 Å². The number of aromatic nitrogens is 2. The molecule has 0 radical (unpaired) electrons. The zero-order valence-corrected chi connectivity index (χ0v) is 13.2. The van der Waals surface area contributed by atoms with Crippen molar-refractivity contribution >= 4 is 29.1 Å². The quantitative estimate of drug-likeness (QED) is 0.812. The number of hydrogen-bond acceptors (Lipinski definition) is 4. The Hall–Kier alpha value is -1.64. The maximum Gasteiger partial charge on any atom is 0.433 e. The predicted octanol–water partition coefficient (Wildman–Crippen LogP) is 2.65. The summed E-state index contributed by atoms with van der Waals surface area (Å²) in [6, 6.07) is 0.990.